The van der Waals surface area contributed by atoms with Crippen LogP contribution < -0.4 is 0 Å². The van der Waals surface area contributed by atoms with Crippen molar-refractivity contribution in [3.63, 3.8) is 0 Å². The summed E-state index contributed by atoms with van der Waals surface area (Å²) in [5.41, 5.74) is -0.744. The minimum atomic E-state index is -4.74. The Hall–Kier alpha value is -2.01. The van der Waals surface area contributed by atoms with E-state index in [0.29, 0.717) is 10.6 Å². The van der Waals surface area contributed by atoms with E-state index in [1.807, 2.05) is 0 Å². The van der Waals surface area contributed by atoms with Crippen LogP contribution in [0, 0.1) is 0 Å². The summed E-state index contributed by atoms with van der Waals surface area (Å²) >= 11 is 5.97. The van der Waals surface area contributed by atoms with Gasteiger partial charge in [-0.1, -0.05) is 29.8 Å². The summed E-state index contributed by atoms with van der Waals surface area (Å²) < 4.78 is 38.6. The molecule has 110 valence electrons. The molecule has 0 atom stereocenters. The molecule has 0 fully saturated rings. The van der Waals surface area contributed by atoms with Crippen molar-refractivity contribution < 1.29 is 23.1 Å². The third-order valence-corrected chi connectivity index (χ3v) is 3.35. The molecular formula is C15H10ClF3O2. The van der Waals surface area contributed by atoms with Gasteiger partial charge < -0.3 is 5.11 Å². The van der Waals surface area contributed by atoms with Gasteiger partial charge in [0.2, 0.25) is 0 Å². The predicted octanol–water partition coefficient (Wildman–Crippen LogP) is 4.47. The number of carbonyl (C=O) groups excluding carboxylic acids is 1. The Morgan fingerprint density at radius 2 is 1.86 bits per heavy atom. The summed E-state index contributed by atoms with van der Waals surface area (Å²) in [6.07, 6.45) is -4.41. The maximum absolute atomic E-state index is 12.9. The van der Waals surface area contributed by atoms with Crippen molar-refractivity contribution in [3.05, 3.63) is 63.7 Å². The minimum absolute atomic E-state index is 0.129. The maximum atomic E-state index is 12.9. The molecule has 2 nitrogen and oxygen atoms in total. The van der Waals surface area contributed by atoms with Crippen LogP contribution in [0.5, 0.6) is 5.75 Å². The van der Waals surface area contributed by atoms with Crippen LogP contribution in [-0.2, 0) is 12.6 Å². The van der Waals surface area contributed by atoms with Gasteiger partial charge in [0, 0.05) is 5.02 Å². The lowest BCUT2D eigenvalue weighted by molar-refractivity contribution is -0.138. The van der Waals surface area contributed by atoms with E-state index in [9.17, 15) is 23.1 Å². The van der Waals surface area contributed by atoms with Gasteiger partial charge in [-0.05, 0) is 35.7 Å². The number of phenolic OH excluding ortho intramolecular Hbond substituents is 1. The lowest BCUT2D eigenvalue weighted by Gasteiger charge is -2.13. The Kier molecular flexibility index (Phi) is 4.23. The highest BCUT2D eigenvalue weighted by atomic mass is 35.5. The molecule has 6 heteroatoms. The molecule has 2 rings (SSSR count). The number of aldehydes is 1. The van der Waals surface area contributed by atoms with Crippen LogP contribution in [0.4, 0.5) is 13.2 Å². The average molecular weight is 315 g/mol. The fourth-order valence-corrected chi connectivity index (χ4v) is 2.19. The first-order valence-corrected chi connectivity index (χ1v) is 6.32. The van der Waals surface area contributed by atoms with Crippen molar-refractivity contribution >= 4 is 17.9 Å². The fraction of sp³-hybridized carbons (Fsp3) is 0.133. The summed E-state index contributed by atoms with van der Waals surface area (Å²) in [5, 5.41) is 9.92. The molecule has 21 heavy (non-hydrogen) atoms. The number of aromatic hydroxyl groups is 1. The van der Waals surface area contributed by atoms with Gasteiger partial charge >= 0.3 is 6.18 Å². The number of alkyl halides is 3. The van der Waals surface area contributed by atoms with E-state index in [1.165, 1.54) is 6.07 Å². The van der Waals surface area contributed by atoms with Crippen molar-refractivity contribution in [3.8, 4) is 5.75 Å². The number of phenols is 1. The van der Waals surface area contributed by atoms with E-state index in [4.69, 9.17) is 11.6 Å². The molecule has 0 amide bonds. The Bertz CT molecular complexity index is 681. The van der Waals surface area contributed by atoms with Gasteiger partial charge in [-0.25, -0.2) is 0 Å². The normalized spacial score (nSPS) is 11.4. The van der Waals surface area contributed by atoms with E-state index in [1.54, 1.807) is 24.3 Å². The molecule has 0 aliphatic carbocycles. The highest BCUT2D eigenvalue weighted by molar-refractivity contribution is 6.31. The maximum Gasteiger partial charge on any atom is 0.419 e. The topological polar surface area (TPSA) is 37.3 Å². The van der Waals surface area contributed by atoms with Gasteiger partial charge in [0.05, 0.1) is 11.1 Å². The summed E-state index contributed by atoms with van der Waals surface area (Å²) in [4.78, 5) is 10.8. The van der Waals surface area contributed by atoms with Crippen LogP contribution in [0.15, 0.2) is 36.4 Å². The zero-order valence-corrected chi connectivity index (χ0v) is 11.4. The van der Waals surface area contributed by atoms with Gasteiger partial charge in [0.1, 0.15) is 5.75 Å². The Balaban J connectivity index is 2.50. The minimum Gasteiger partial charge on any atom is -0.507 e. The van der Waals surface area contributed by atoms with Crippen LogP contribution in [0.25, 0.3) is 0 Å². The van der Waals surface area contributed by atoms with Crippen molar-refractivity contribution in [2.75, 3.05) is 0 Å². The third-order valence-electron chi connectivity index (χ3n) is 2.98. The average Bonchev–Trinajstić information content (AvgIpc) is 2.41. The first kappa shape index (κ1) is 15.4. The first-order chi connectivity index (χ1) is 9.82. The van der Waals surface area contributed by atoms with Crippen molar-refractivity contribution in [1.29, 1.82) is 0 Å². The number of benzene rings is 2. The summed E-state index contributed by atoms with van der Waals surface area (Å²) in [7, 11) is 0. The molecule has 0 aromatic heterocycles. The molecule has 0 saturated heterocycles. The van der Waals surface area contributed by atoms with Gasteiger partial charge in [0.25, 0.3) is 0 Å². The molecule has 2 aromatic carbocycles. The SMILES string of the molecule is O=Cc1cc(Cc2ccccc2Cl)cc(C(F)(F)F)c1O. The van der Waals surface area contributed by atoms with Crippen LogP contribution in [0.1, 0.15) is 27.0 Å². The zero-order chi connectivity index (χ0) is 15.6. The largest absolute Gasteiger partial charge is 0.507 e. The number of rotatable bonds is 3. The molecular weight excluding hydrogens is 305 g/mol. The standard InChI is InChI=1S/C15H10ClF3O2/c16-13-4-2-1-3-10(13)5-9-6-11(8-20)14(21)12(7-9)15(17,18)19/h1-4,6-8,21H,5H2. The number of carbonyl (C=O) groups is 1. The second kappa shape index (κ2) is 5.77. The Morgan fingerprint density at radius 1 is 1.19 bits per heavy atom. The smallest absolute Gasteiger partial charge is 0.419 e. The molecule has 1 N–H and O–H groups in total. The van der Waals surface area contributed by atoms with Crippen LogP contribution >= 0.6 is 11.6 Å². The summed E-state index contributed by atoms with van der Waals surface area (Å²) in [6.45, 7) is 0. The van der Waals surface area contributed by atoms with Crippen molar-refractivity contribution in [2.45, 2.75) is 12.6 Å². The van der Waals surface area contributed by atoms with Crippen molar-refractivity contribution in [2.24, 2.45) is 0 Å². The van der Waals surface area contributed by atoms with Gasteiger partial charge in [-0.15, -0.1) is 0 Å². The predicted molar refractivity (Wildman–Crippen MR) is 72.8 cm³/mol. The van der Waals surface area contributed by atoms with E-state index in [2.05, 4.69) is 0 Å². The summed E-state index contributed by atoms with van der Waals surface area (Å²) in [6, 6.07) is 8.78. The second-order valence-corrected chi connectivity index (χ2v) is 4.87. The Labute approximate surface area is 123 Å². The lowest BCUT2D eigenvalue weighted by atomic mass is 9.99. The number of hydrogen-bond acceptors (Lipinski definition) is 2. The number of halogens is 4. The van der Waals surface area contributed by atoms with Gasteiger partial charge in [0.15, 0.2) is 6.29 Å². The van der Waals surface area contributed by atoms with Crippen molar-refractivity contribution in [1.82, 2.24) is 0 Å². The fourth-order valence-electron chi connectivity index (χ4n) is 1.99. The van der Waals surface area contributed by atoms with E-state index in [0.717, 1.165) is 6.07 Å². The molecule has 0 aliphatic rings. The Morgan fingerprint density at radius 3 is 2.43 bits per heavy atom. The lowest BCUT2D eigenvalue weighted by Crippen LogP contribution is -2.08. The molecule has 0 bridgehead atoms. The molecule has 2 aromatic rings. The quantitative estimate of drug-likeness (QED) is 0.849. The van der Waals surface area contributed by atoms with Crippen LogP contribution in [-0.4, -0.2) is 11.4 Å². The van der Waals surface area contributed by atoms with E-state index >= 15 is 0 Å². The zero-order valence-electron chi connectivity index (χ0n) is 10.6. The molecule has 0 heterocycles. The van der Waals surface area contributed by atoms with E-state index in [-0.39, 0.29) is 18.3 Å². The van der Waals surface area contributed by atoms with Crippen LogP contribution in [0.3, 0.4) is 0 Å². The highest BCUT2D eigenvalue weighted by Gasteiger charge is 2.35. The second-order valence-electron chi connectivity index (χ2n) is 4.47. The molecule has 0 radical (unpaired) electrons. The van der Waals surface area contributed by atoms with Gasteiger partial charge in [-0.3, -0.25) is 4.79 Å². The number of hydrogen-bond donors (Lipinski definition) is 1. The third kappa shape index (κ3) is 3.36. The molecule has 0 saturated carbocycles. The van der Waals surface area contributed by atoms with Crippen LogP contribution in [0.2, 0.25) is 5.02 Å². The molecule has 0 unspecified atom stereocenters. The monoisotopic (exact) mass is 314 g/mol. The molecule has 0 spiro atoms. The summed E-state index contributed by atoms with van der Waals surface area (Å²) in [5.74, 6) is -1.06. The van der Waals surface area contributed by atoms with Gasteiger partial charge in [-0.2, -0.15) is 13.2 Å². The first-order valence-electron chi connectivity index (χ1n) is 5.94. The molecule has 0 aliphatic heterocycles. The van der Waals surface area contributed by atoms with E-state index < -0.39 is 23.1 Å². The highest BCUT2D eigenvalue weighted by Crippen LogP contribution is 2.38.